The number of hydrogen-bond donors (Lipinski definition) is 1. The van der Waals surface area contributed by atoms with Crippen LogP contribution in [0, 0.1) is 0 Å². The third-order valence-electron chi connectivity index (χ3n) is 2.10. The molecule has 1 N–H and O–H groups in total. The molecule has 0 aliphatic heterocycles. The molecule has 74 valence electrons. The molecule has 0 unspecified atom stereocenters. The number of fused-ring (bicyclic) bond motifs is 1. The van der Waals surface area contributed by atoms with Gasteiger partial charge in [0.05, 0.1) is 6.33 Å². The highest BCUT2D eigenvalue weighted by atomic mass is 16.5. The Labute approximate surface area is 77.4 Å². The van der Waals surface area contributed by atoms with Crippen molar-refractivity contribution in [2.75, 3.05) is 0 Å². The van der Waals surface area contributed by atoms with E-state index in [0.717, 1.165) is 4.57 Å². The Hall–Kier alpha value is -2.05. The highest BCUT2D eigenvalue weighted by Crippen LogP contribution is 2.01. The molecular weight excluding hydrogens is 188 g/mol. The quantitative estimate of drug-likeness (QED) is 0.529. The van der Waals surface area contributed by atoms with Crippen molar-refractivity contribution in [1.82, 2.24) is 18.8 Å². The summed E-state index contributed by atoms with van der Waals surface area (Å²) < 4.78 is 2.63. The van der Waals surface area contributed by atoms with E-state index in [0.29, 0.717) is 0 Å². The monoisotopic (exact) mass is 196 g/mol. The van der Waals surface area contributed by atoms with Gasteiger partial charge in [-0.2, -0.15) is 0 Å². The molecule has 0 bridgehead atoms. The van der Waals surface area contributed by atoms with Crippen molar-refractivity contribution in [3.63, 3.8) is 0 Å². The van der Waals surface area contributed by atoms with Crippen LogP contribution in [0.4, 0.5) is 0 Å². The minimum absolute atomic E-state index is 0.0734. The Bertz CT molecular complexity index is 618. The van der Waals surface area contributed by atoms with E-state index >= 15 is 0 Å². The predicted octanol–water partition coefficient (Wildman–Crippen LogP) is -1.33. The number of aromatic nitrogens is 4. The molecule has 0 aliphatic rings. The molecule has 0 radical (unpaired) electrons. The normalized spacial score (nSPS) is 11.0. The van der Waals surface area contributed by atoms with Gasteiger partial charge in [0.1, 0.15) is 0 Å². The Balaban J connectivity index is 3.22. The van der Waals surface area contributed by atoms with Gasteiger partial charge in [0.2, 0.25) is 0 Å². The van der Waals surface area contributed by atoms with Gasteiger partial charge in [-0.05, 0) is 0 Å². The Morgan fingerprint density at radius 2 is 2.00 bits per heavy atom. The molecule has 0 atom stereocenters. The average Bonchev–Trinajstić information content (AvgIpc) is 2.54. The fourth-order valence-corrected chi connectivity index (χ4v) is 1.33. The van der Waals surface area contributed by atoms with Gasteiger partial charge >= 0.3 is 11.2 Å². The van der Waals surface area contributed by atoms with Gasteiger partial charge in [-0.3, -0.25) is 9.36 Å². The molecule has 0 amide bonds. The first kappa shape index (κ1) is 8.54. The van der Waals surface area contributed by atoms with Crippen LogP contribution in [0.5, 0.6) is 0 Å². The molecule has 2 rings (SSSR count). The van der Waals surface area contributed by atoms with Crippen LogP contribution in [0.25, 0.3) is 11.2 Å². The maximum Gasteiger partial charge on any atom is 0.365 e. The zero-order valence-corrected chi connectivity index (χ0v) is 7.63. The molecule has 2 aromatic rings. The van der Waals surface area contributed by atoms with Gasteiger partial charge in [-0.15, -0.1) is 0 Å². The van der Waals surface area contributed by atoms with E-state index in [1.165, 1.54) is 17.9 Å². The van der Waals surface area contributed by atoms with Crippen LogP contribution in [-0.2, 0) is 14.1 Å². The van der Waals surface area contributed by atoms with E-state index < -0.39 is 11.2 Å². The number of hydrogen-bond acceptors (Lipinski definition) is 4. The molecule has 0 fully saturated rings. The Morgan fingerprint density at radius 1 is 1.36 bits per heavy atom. The summed E-state index contributed by atoms with van der Waals surface area (Å²) >= 11 is 0. The maximum atomic E-state index is 11.4. The van der Waals surface area contributed by atoms with E-state index in [-0.39, 0.29) is 15.9 Å². The zero-order chi connectivity index (χ0) is 10.5. The van der Waals surface area contributed by atoms with E-state index in [4.69, 9.17) is 5.21 Å². The number of aryl methyl sites for hydroxylation is 2. The van der Waals surface area contributed by atoms with E-state index in [1.54, 1.807) is 7.05 Å². The number of nitrogens with zero attached hydrogens (tertiary/aromatic N) is 4. The first-order valence-corrected chi connectivity index (χ1v) is 3.86. The van der Waals surface area contributed by atoms with Gasteiger partial charge in [0, 0.05) is 14.1 Å². The second-order valence-electron chi connectivity index (χ2n) is 2.99. The van der Waals surface area contributed by atoms with Gasteiger partial charge in [0.25, 0.3) is 0 Å². The summed E-state index contributed by atoms with van der Waals surface area (Å²) in [5, 5.41) is 9.16. The molecular formula is C7H8N4O3. The van der Waals surface area contributed by atoms with Crippen molar-refractivity contribution in [1.29, 1.82) is 0 Å². The molecule has 2 heterocycles. The van der Waals surface area contributed by atoms with Gasteiger partial charge in [-0.25, -0.2) is 9.78 Å². The van der Waals surface area contributed by atoms with Crippen molar-refractivity contribution >= 4 is 11.2 Å². The molecule has 14 heavy (non-hydrogen) atoms. The maximum absolute atomic E-state index is 11.4. The summed E-state index contributed by atoms with van der Waals surface area (Å²) in [6, 6.07) is 0. The second-order valence-corrected chi connectivity index (χ2v) is 2.99. The molecule has 0 saturated carbocycles. The fourth-order valence-electron chi connectivity index (χ4n) is 1.33. The summed E-state index contributed by atoms with van der Waals surface area (Å²) in [6.07, 6.45) is 1.41. The lowest BCUT2D eigenvalue weighted by Gasteiger charge is -2.01. The predicted molar refractivity (Wildman–Crippen MR) is 47.4 cm³/mol. The lowest BCUT2D eigenvalue weighted by Crippen LogP contribution is -2.38. The van der Waals surface area contributed by atoms with Crippen LogP contribution in [-0.4, -0.2) is 24.1 Å². The smallest absolute Gasteiger partial charge is 0.365 e. The lowest BCUT2D eigenvalue weighted by atomic mass is 10.5. The van der Waals surface area contributed by atoms with Crippen molar-refractivity contribution < 1.29 is 5.21 Å². The molecule has 0 aromatic carbocycles. The first-order valence-electron chi connectivity index (χ1n) is 3.86. The largest absolute Gasteiger partial charge is 0.421 e. The summed E-state index contributed by atoms with van der Waals surface area (Å²) in [6.45, 7) is 0. The summed E-state index contributed by atoms with van der Waals surface area (Å²) in [5.41, 5.74) is -1.12. The molecule has 0 aliphatic carbocycles. The third-order valence-corrected chi connectivity index (χ3v) is 2.10. The lowest BCUT2D eigenvalue weighted by molar-refractivity contribution is 0.158. The molecule has 0 saturated heterocycles. The van der Waals surface area contributed by atoms with Crippen LogP contribution in [0.3, 0.4) is 0 Å². The molecule has 0 spiro atoms. The minimum atomic E-state index is -0.804. The SMILES string of the molecule is Cn1cnc2c1c(=O)n(O)c(=O)n2C. The first-order chi connectivity index (χ1) is 6.54. The number of rotatable bonds is 0. The van der Waals surface area contributed by atoms with Crippen molar-refractivity contribution in [3.05, 3.63) is 27.2 Å². The zero-order valence-electron chi connectivity index (χ0n) is 7.63. The fraction of sp³-hybridized carbons (Fsp3) is 0.286. The van der Waals surface area contributed by atoms with E-state index in [9.17, 15) is 9.59 Å². The average molecular weight is 196 g/mol. The van der Waals surface area contributed by atoms with Gasteiger partial charge in [-0.1, -0.05) is 4.73 Å². The summed E-state index contributed by atoms with van der Waals surface area (Å²) in [5.74, 6) is 0. The van der Waals surface area contributed by atoms with Crippen LogP contribution in [0.15, 0.2) is 15.9 Å². The summed E-state index contributed by atoms with van der Waals surface area (Å²) in [4.78, 5) is 26.5. The molecule has 2 aromatic heterocycles. The van der Waals surface area contributed by atoms with Crippen LogP contribution >= 0.6 is 0 Å². The number of imidazole rings is 1. The van der Waals surface area contributed by atoms with Crippen molar-refractivity contribution in [3.8, 4) is 0 Å². The Kier molecular flexibility index (Phi) is 1.51. The topological polar surface area (TPSA) is 82.1 Å². The van der Waals surface area contributed by atoms with Crippen molar-refractivity contribution in [2.45, 2.75) is 0 Å². The van der Waals surface area contributed by atoms with Gasteiger partial charge in [0.15, 0.2) is 11.2 Å². The second kappa shape index (κ2) is 2.47. The van der Waals surface area contributed by atoms with E-state index in [2.05, 4.69) is 4.98 Å². The summed E-state index contributed by atoms with van der Waals surface area (Å²) in [7, 11) is 3.05. The standard InChI is InChI=1S/C7H8N4O3/c1-9-3-8-5-4(9)6(12)11(14)7(13)10(5)2/h3,14H,1-2H3. The van der Waals surface area contributed by atoms with Crippen molar-refractivity contribution in [2.24, 2.45) is 14.1 Å². The third kappa shape index (κ3) is 0.832. The molecule has 7 heteroatoms. The highest BCUT2D eigenvalue weighted by molar-refractivity contribution is 5.69. The van der Waals surface area contributed by atoms with Crippen LogP contribution in [0.2, 0.25) is 0 Å². The minimum Gasteiger partial charge on any atom is -0.421 e. The Morgan fingerprint density at radius 3 is 2.64 bits per heavy atom. The van der Waals surface area contributed by atoms with Crippen LogP contribution in [0.1, 0.15) is 0 Å². The molecule has 7 nitrogen and oxygen atoms in total. The van der Waals surface area contributed by atoms with Crippen LogP contribution < -0.4 is 11.2 Å². The van der Waals surface area contributed by atoms with Gasteiger partial charge < -0.3 is 9.77 Å². The van der Waals surface area contributed by atoms with E-state index in [1.807, 2.05) is 0 Å². The highest BCUT2D eigenvalue weighted by Gasteiger charge is 2.13.